The summed E-state index contributed by atoms with van der Waals surface area (Å²) in [6.45, 7) is 1.49. The van der Waals surface area contributed by atoms with E-state index in [4.69, 9.17) is 9.88 Å². The molecule has 0 heterocycles. The molecule has 2 aromatic carbocycles. The van der Waals surface area contributed by atoms with Gasteiger partial charge < -0.3 is 10.1 Å². The van der Waals surface area contributed by atoms with Crippen LogP contribution < -0.4 is 15.2 Å². The van der Waals surface area contributed by atoms with Gasteiger partial charge in [-0.1, -0.05) is 6.07 Å². The van der Waals surface area contributed by atoms with Gasteiger partial charge in [-0.25, -0.2) is 13.6 Å². The van der Waals surface area contributed by atoms with Gasteiger partial charge in [0.2, 0.25) is 15.9 Å². The Kier molecular flexibility index (Phi) is 7.00. The number of carbonyl (C=O) groups is 2. The lowest BCUT2D eigenvalue weighted by Crippen LogP contribution is -2.16. The number of hydrogen-bond acceptors (Lipinski definition) is 6. The van der Waals surface area contributed by atoms with Gasteiger partial charge in [-0.15, -0.1) is 11.8 Å². The van der Waals surface area contributed by atoms with Gasteiger partial charge in [0.25, 0.3) is 0 Å². The zero-order valence-corrected chi connectivity index (χ0v) is 16.5. The van der Waals surface area contributed by atoms with Gasteiger partial charge >= 0.3 is 0 Å². The molecule has 0 spiro atoms. The molecular formula is C18H20N2O5S2. The molecule has 0 atom stereocenters. The van der Waals surface area contributed by atoms with E-state index in [9.17, 15) is 18.0 Å². The number of rotatable bonds is 8. The smallest absolute Gasteiger partial charge is 0.238 e. The minimum atomic E-state index is -3.83. The van der Waals surface area contributed by atoms with Crippen LogP contribution in [0, 0.1) is 0 Å². The molecule has 2 aromatic rings. The molecule has 0 radical (unpaired) electrons. The number of benzene rings is 2. The van der Waals surface area contributed by atoms with Crippen LogP contribution in [0.4, 0.5) is 5.69 Å². The monoisotopic (exact) mass is 408 g/mol. The predicted molar refractivity (Wildman–Crippen MR) is 106 cm³/mol. The Morgan fingerprint density at radius 1 is 1.19 bits per heavy atom. The number of amides is 1. The highest BCUT2D eigenvalue weighted by Gasteiger charge is 2.11. The molecule has 27 heavy (non-hydrogen) atoms. The second-order valence-corrected chi connectivity index (χ2v) is 8.24. The summed E-state index contributed by atoms with van der Waals surface area (Å²) < 4.78 is 28.0. The highest BCUT2D eigenvalue weighted by Crippen LogP contribution is 2.25. The van der Waals surface area contributed by atoms with Crippen molar-refractivity contribution in [3.63, 3.8) is 0 Å². The number of ketones is 1. The second kappa shape index (κ2) is 9.03. The molecule has 0 fully saturated rings. The average molecular weight is 409 g/mol. The van der Waals surface area contributed by atoms with Gasteiger partial charge in [0, 0.05) is 22.6 Å². The van der Waals surface area contributed by atoms with Crippen molar-refractivity contribution in [3.05, 3.63) is 53.6 Å². The van der Waals surface area contributed by atoms with Crippen LogP contribution in [-0.2, 0) is 20.6 Å². The molecule has 0 unspecified atom stereocenters. The molecule has 144 valence electrons. The van der Waals surface area contributed by atoms with Crippen molar-refractivity contribution in [2.45, 2.75) is 17.6 Å². The summed E-state index contributed by atoms with van der Waals surface area (Å²) in [4.78, 5) is 23.5. The van der Waals surface area contributed by atoms with Crippen molar-refractivity contribution in [1.29, 1.82) is 0 Å². The number of carbonyl (C=O) groups excluding carboxylic acids is 2. The van der Waals surface area contributed by atoms with Gasteiger partial charge in [-0.3, -0.25) is 9.59 Å². The van der Waals surface area contributed by atoms with E-state index in [0.717, 1.165) is 5.56 Å². The van der Waals surface area contributed by atoms with E-state index in [0.29, 0.717) is 22.8 Å². The van der Waals surface area contributed by atoms with E-state index in [1.165, 1.54) is 36.9 Å². The molecule has 0 saturated carbocycles. The molecule has 0 bridgehead atoms. The van der Waals surface area contributed by atoms with Crippen LogP contribution in [-0.4, -0.2) is 33.0 Å². The molecule has 3 N–H and O–H groups in total. The van der Waals surface area contributed by atoms with Crippen molar-refractivity contribution in [2.24, 2.45) is 5.14 Å². The van der Waals surface area contributed by atoms with E-state index in [1.807, 2.05) is 0 Å². The number of nitrogens with two attached hydrogens (primary N) is 1. The Bertz CT molecular complexity index is 958. The molecule has 2 rings (SSSR count). The van der Waals surface area contributed by atoms with Crippen LogP contribution in [0.3, 0.4) is 0 Å². The van der Waals surface area contributed by atoms with Crippen molar-refractivity contribution in [2.75, 3.05) is 18.2 Å². The molecular weight excluding hydrogens is 388 g/mol. The number of thioether (sulfide) groups is 1. The fourth-order valence-corrected chi connectivity index (χ4v) is 3.68. The molecule has 0 aliphatic rings. The lowest BCUT2D eigenvalue weighted by Gasteiger charge is -2.10. The number of sulfonamides is 1. The van der Waals surface area contributed by atoms with Crippen molar-refractivity contribution >= 4 is 39.2 Å². The highest BCUT2D eigenvalue weighted by atomic mass is 32.2. The number of ether oxygens (including phenoxy) is 1. The molecule has 9 heteroatoms. The Labute approximate surface area is 162 Å². The molecule has 1 amide bonds. The zero-order chi connectivity index (χ0) is 20.0. The second-order valence-electron chi connectivity index (χ2n) is 5.70. The first kappa shape index (κ1) is 20.9. The summed E-state index contributed by atoms with van der Waals surface area (Å²) >= 11 is 1.35. The SMILES string of the molecule is COc1ccc(C(C)=O)cc1CSCC(=O)Nc1cccc(S(N)(=O)=O)c1. The maximum Gasteiger partial charge on any atom is 0.238 e. The normalized spacial score (nSPS) is 11.1. The Morgan fingerprint density at radius 2 is 1.93 bits per heavy atom. The summed E-state index contributed by atoms with van der Waals surface area (Å²) in [5.74, 6) is 0.945. The lowest BCUT2D eigenvalue weighted by atomic mass is 10.1. The van der Waals surface area contributed by atoms with Gasteiger partial charge in [0.05, 0.1) is 17.8 Å². The van der Waals surface area contributed by atoms with Crippen molar-refractivity contribution in [3.8, 4) is 5.75 Å². The maximum atomic E-state index is 12.1. The topological polar surface area (TPSA) is 116 Å². The summed E-state index contributed by atoms with van der Waals surface area (Å²) in [7, 11) is -2.29. The number of methoxy groups -OCH3 is 1. The van der Waals surface area contributed by atoms with E-state index in [1.54, 1.807) is 31.4 Å². The highest BCUT2D eigenvalue weighted by molar-refractivity contribution is 7.99. The van der Waals surface area contributed by atoms with Crippen LogP contribution >= 0.6 is 11.8 Å². The van der Waals surface area contributed by atoms with Crippen LogP contribution in [0.25, 0.3) is 0 Å². The van der Waals surface area contributed by atoms with E-state index in [2.05, 4.69) is 5.32 Å². The summed E-state index contributed by atoms with van der Waals surface area (Å²) in [6, 6.07) is 10.9. The Balaban J connectivity index is 1.97. The number of hydrogen-bond donors (Lipinski definition) is 2. The molecule has 7 nitrogen and oxygen atoms in total. The summed E-state index contributed by atoms with van der Waals surface area (Å²) in [5, 5.41) is 7.72. The molecule has 0 saturated heterocycles. The number of primary sulfonamides is 1. The zero-order valence-electron chi connectivity index (χ0n) is 14.9. The summed E-state index contributed by atoms with van der Waals surface area (Å²) in [5.41, 5.74) is 1.75. The van der Waals surface area contributed by atoms with E-state index >= 15 is 0 Å². The Hall–Kier alpha value is -2.36. The van der Waals surface area contributed by atoms with Crippen molar-refractivity contribution in [1.82, 2.24) is 0 Å². The largest absolute Gasteiger partial charge is 0.496 e. The number of nitrogens with one attached hydrogen (secondary N) is 1. The fourth-order valence-electron chi connectivity index (χ4n) is 2.31. The minimum absolute atomic E-state index is 0.0450. The maximum absolute atomic E-state index is 12.1. The quantitative estimate of drug-likeness (QED) is 0.648. The molecule has 0 aromatic heterocycles. The van der Waals surface area contributed by atoms with Crippen LogP contribution in [0.5, 0.6) is 5.75 Å². The summed E-state index contributed by atoms with van der Waals surface area (Å²) in [6.07, 6.45) is 0. The van der Waals surface area contributed by atoms with Gasteiger partial charge in [0.15, 0.2) is 5.78 Å². The first-order valence-corrected chi connectivity index (χ1v) is 10.6. The number of anilines is 1. The first-order valence-electron chi connectivity index (χ1n) is 7.89. The third-order valence-electron chi connectivity index (χ3n) is 3.62. The fraction of sp³-hybridized carbons (Fsp3) is 0.222. The van der Waals surface area contributed by atoms with Crippen LogP contribution in [0.15, 0.2) is 47.4 Å². The van der Waals surface area contributed by atoms with E-state index < -0.39 is 10.0 Å². The lowest BCUT2D eigenvalue weighted by molar-refractivity contribution is -0.113. The standard InChI is InChI=1S/C18H20N2O5S2/c1-12(21)13-6-7-17(25-2)14(8-13)10-26-11-18(22)20-15-4-3-5-16(9-15)27(19,23)24/h3-9H,10-11H2,1-2H3,(H,20,22)(H2,19,23,24). The van der Waals surface area contributed by atoms with Crippen LogP contribution in [0.2, 0.25) is 0 Å². The van der Waals surface area contributed by atoms with Crippen LogP contribution in [0.1, 0.15) is 22.8 Å². The van der Waals surface area contributed by atoms with Crippen molar-refractivity contribution < 1.29 is 22.7 Å². The average Bonchev–Trinajstić information content (AvgIpc) is 2.61. The van der Waals surface area contributed by atoms with E-state index in [-0.39, 0.29) is 22.3 Å². The number of Topliss-reactive ketones (excluding diaryl/α,β-unsaturated/α-hetero) is 1. The Morgan fingerprint density at radius 3 is 2.56 bits per heavy atom. The van der Waals surface area contributed by atoms with Gasteiger partial charge in [-0.05, 0) is 43.3 Å². The van der Waals surface area contributed by atoms with Gasteiger partial charge in [-0.2, -0.15) is 0 Å². The van der Waals surface area contributed by atoms with Gasteiger partial charge in [0.1, 0.15) is 5.75 Å². The third-order valence-corrected chi connectivity index (χ3v) is 5.52. The molecule has 0 aliphatic carbocycles. The molecule has 0 aliphatic heterocycles. The predicted octanol–water partition coefficient (Wildman–Crippen LogP) is 2.42. The minimum Gasteiger partial charge on any atom is -0.496 e. The third kappa shape index (κ3) is 6.09. The first-order chi connectivity index (χ1) is 12.7.